The van der Waals surface area contributed by atoms with Gasteiger partial charge in [0.15, 0.2) is 0 Å². The number of aliphatic hydroxyl groups is 1. The van der Waals surface area contributed by atoms with E-state index in [9.17, 15) is 14.7 Å². The fourth-order valence-corrected chi connectivity index (χ4v) is 1.57. The standard InChI is InChI=1S/C11H12O5/c1-5-7(6(2)12)4-8(10(13)14)9(5)11(15)16-3/h4,12H,1-3H3,(H,13,14)/b7-6-. The molecule has 16 heavy (non-hydrogen) atoms. The van der Waals surface area contributed by atoms with Crippen molar-refractivity contribution in [3.05, 3.63) is 34.1 Å². The number of carboxylic acid groups (broad SMARTS) is 1. The Bertz CT molecular complexity index is 447. The third-order valence-corrected chi connectivity index (χ3v) is 2.35. The van der Waals surface area contributed by atoms with E-state index in [4.69, 9.17) is 5.11 Å². The minimum absolute atomic E-state index is 0.0154. The van der Waals surface area contributed by atoms with Crippen molar-refractivity contribution in [1.29, 1.82) is 0 Å². The first-order chi connectivity index (χ1) is 7.40. The lowest BCUT2D eigenvalue weighted by Gasteiger charge is -2.04. The number of methoxy groups -OCH3 is 1. The second-order valence-corrected chi connectivity index (χ2v) is 3.35. The molecule has 0 fully saturated rings. The molecule has 0 heterocycles. The van der Waals surface area contributed by atoms with Crippen LogP contribution in [0, 0.1) is 0 Å². The minimum Gasteiger partial charge on any atom is -0.512 e. The van der Waals surface area contributed by atoms with E-state index in [1.54, 1.807) is 6.92 Å². The Kier molecular flexibility index (Phi) is 3.17. The number of hydrogen-bond acceptors (Lipinski definition) is 4. The molecule has 0 saturated carbocycles. The van der Waals surface area contributed by atoms with Crippen LogP contribution in [0.3, 0.4) is 0 Å². The molecule has 5 nitrogen and oxygen atoms in total. The third-order valence-electron chi connectivity index (χ3n) is 2.35. The Morgan fingerprint density at radius 1 is 1.31 bits per heavy atom. The number of aliphatic carboxylic acids is 1. The Labute approximate surface area is 92.3 Å². The summed E-state index contributed by atoms with van der Waals surface area (Å²) in [5, 5.41) is 18.3. The van der Waals surface area contributed by atoms with Gasteiger partial charge in [0.1, 0.15) is 0 Å². The van der Waals surface area contributed by atoms with Crippen molar-refractivity contribution in [2.24, 2.45) is 0 Å². The van der Waals surface area contributed by atoms with Crippen LogP contribution in [0.15, 0.2) is 34.1 Å². The summed E-state index contributed by atoms with van der Waals surface area (Å²) in [5.74, 6) is -1.98. The molecule has 0 amide bonds. The molecule has 0 aromatic heterocycles. The van der Waals surface area contributed by atoms with Gasteiger partial charge in [0.25, 0.3) is 0 Å². The molecule has 0 spiro atoms. The number of hydrogen-bond donors (Lipinski definition) is 2. The van der Waals surface area contributed by atoms with Gasteiger partial charge in [0.2, 0.25) is 0 Å². The number of aliphatic hydroxyl groups excluding tert-OH is 1. The van der Waals surface area contributed by atoms with Crippen LogP contribution in [0.5, 0.6) is 0 Å². The smallest absolute Gasteiger partial charge is 0.339 e. The number of carbonyl (C=O) groups excluding carboxylic acids is 1. The lowest BCUT2D eigenvalue weighted by atomic mass is 10.1. The van der Waals surface area contributed by atoms with E-state index >= 15 is 0 Å². The number of carboxylic acids is 1. The summed E-state index contributed by atoms with van der Waals surface area (Å²) in [4.78, 5) is 22.4. The van der Waals surface area contributed by atoms with Crippen molar-refractivity contribution in [1.82, 2.24) is 0 Å². The normalized spacial score (nSPS) is 18.3. The molecule has 0 aromatic carbocycles. The SMILES string of the molecule is COC(=O)C1=C(C)/C(=C(/C)O)C=C1C(=O)O. The summed E-state index contributed by atoms with van der Waals surface area (Å²) in [6, 6.07) is 0. The average molecular weight is 224 g/mol. The zero-order valence-electron chi connectivity index (χ0n) is 9.20. The van der Waals surface area contributed by atoms with Crippen molar-refractivity contribution in [2.45, 2.75) is 13.8 Å². The van der Waals surface area contributed by atoms with Crippen LogP contribution >= 0.6 is 0 Å². The molecule has 0 atom stereocenters. The largest absolute Gasteiger partial charge is 0.512 e. The van der Waals surface area contributed by atoms with E-state index < -0.39 is 11.9 Å². The Hall–Kier alpha value is -2.04. The highest BCUT2D eigenvalue weighted by atomic mass is 16.5. The van der Waals surface area contributed by atoms with Crippen molar-refractivity contribution in [3.63, 3.8) is 0 Å². The second kappa shape index (κ2) is 4.22. The molecule has 0 bridgehead atoms. The van der Waals surface area contributed by atoms with Crippen LogP contribution in [0.25, 0.3) is 0 Å². The van der Waals surface area contributed by atoms with Gasteiger partial charge < -0.3 is 14.9 Å². The van der Waals surface area contributed by atoms with Crippen molar-refractivity contribution in [3.8, 4) is 0 Å². The molecule has 5 heteroatoms. The van der Waals surface area contributed by atoms with Gasteiger partial charge in [-0.3, -0.25) is 0 Å². The second-order valence-electron chi connectivity index (χ2n) is 3.35. The quantitative estimate of drug-likeness (QED) is 0.546. The molecular weight excluding hydrogens is 212 g/mol. The monoisotopic (exact) mass is 224 g/mol. The molecule has 1 rings (SSSR count). The van der Waals surface area contributed by atoms with E-state index in [1.165, 1.54) is 20.1 Å². The average Bonchev–Trinajstić information content (AvgIpc) is 2.55. The van der Waals surface area contributed by atoms with Gasteiger partial charge in [0, 0.05) is 5.57 Å². The minimum atomic E-state index is -1.23. The molecule has 2 N–H and O–H groups in total. The van der Waals surface area contributed by atoms with Gasteiger partial charge in [-0.15, -0.1) is 0 Å². The van der Waals surface area contributed by atoms with Crippen LogP contribution in [-0.2, 0) is 14.3 Å². The van der Waals surface area contributed by atoms with E-state index in [1.807, 2.05) is 0 Å². The lowest BCUT2D eigenvalue weighted by Crippen LogP contribution is -2.12. The highest BCUT2D eigenvalue weighted by molar-refractivity contribution is 6.09. The molecule has 0 aliphatic heterocycles. The topological polar surface area (TPSA) is 83.8 Å². The maximum Gasteiger partial charge on any atom is 0.339 e. The van der Waals surface area contributed by atoms with Crippen LogP contribution in [0.2, 0.25) is 0 Å². The van der Waals surface area contributed by atoms with Gasteiger partial charge in [-0.25, -0.2) is 9.59 Å². The van der Waals surface area contributed by atoms with Crippen LogP contribution < -0.4 is 0 Å². The summed E-state index contributed by atoms with van der Waals surface area (Å²) in [6.45, 7) is 2.99. The van der Waals surface area contributed by atoms with Gasteiger partial charge in [-0.2, -0.15) is 0 Å². The predicted octanol–water partition coefficient (Wildman–Crippen LogP) is 1.33. The van der Waals surface area contributed by atoms with E-state index in [2.05, 4.69) is 4.74 Å². The summed E-state index contributed by atoms with van der Waals surface area (Å²) in [7, 11) is 1.18. The summed E-state index contributed by atoms with van der Waals surface area (Å²) in [5.41, 5.74) is 0.577. The van der Waals surface area contributed by atoms with Gasteiger partial charge >= 0.3 is 11.9 Å². The molecule has 0 radical (unpaired) electrons. The van der Waals surface area contributed by atoms with E-state index in [0.29, 0.717) is 11.1 Å². The van der Waals surface area contributed by atoms with E-state index in [-0.39, 0.29) is 16.9 Å². The zero-order chi connectivity index (χ0) is 12.5. The van der Waals surface area contributed by atoms with E-state index in [0.717, 1.165) is 0 Å². The maximum atomic E-state index is 11.4. The summed E-state index contributed by atoms with van der Waals surface area (Å²) >= 11 is 0. The fourth-order valence-electron chi connectivity index (χ4n) is 1.57. The third kappa shape index (κ3) is 1.84. The molecule has 86 valence electrons. The highest BCUT2D eigenvalue weighted by Gasteiger charge is 2.30. The van der Waals surface area contributed by atoms with Crippen LogP contribution in [-0.4, -0.2) is 29.3 Å². The molecule has 0 aromatic rings. The van der Waals surface area contributed by atoms with Crippen molar-refractivity contribution >= 4 is 11.9 Å². The molecule has 0 unspecified atom stereocenters. The van der Waals surface area contributed by atoms with Crippen molar-refractivity contribution < 1.29 is 24.5 Å². The fraction of sp³-hybridized carbons (Fsp3) is 0.273. The number of allylic oxidation sites excluding steroid dienone is 4. The summed E-state index contributed by atoms with van der Waals surface area (Å²) < 4.78 is 4.51. The molecule has 1 aliphatic carbocycles. The van der Waals surface area contributed by atoms with Crippen LogP contribution in [0.1, 0.15) is 13.8 Å². The molecule has 0 saturated heterocycles. The molecular formula is C11H12O5. The number of carbonyl (C=O) groups is 2. The Morgan fingerprint density at radius 2 is 1.88 bits per heavy atom. The Morgan fingerprint density at radius 3 is 2.25 bits per heavy atom. The first-order valence-electron chi connectivity index (χ1n) is 4.55. The zero-order valence-corrected chi connectivity index (χ0v) is 9.20. The number of rotatable bonds is 2. The van der Waals surface area contributed by atoms with Gasteiger partial charge in [-0.1, -0.05) is 0 Å². The highest BCUT2D eigenvalue weighted by Crippen LogP contribution is 2.32. The first kappa shape index (κ1) is 12.0. The first-order valence-corrected chi connectivity index (χ1v) is 4.55. The lowest BCUT2D eigenvalue weighted by molar-refractivity contribution is -0.138. The van der Waals surface area contributed by atoms with Crippen LogP contribution in [0.4, 0.5) is 0 Å². The van der Waals surface area contributed by atoms with Crippen molar-refractivity contribution in [2.75, 3.05) is 7.11 Å². The summed E-state index contributed by atoms with van der Waals surface area (Å²) in [6.07, 6.45) is 1.26. The van der Waals surface area contributed by atoms with Gasteiger partial charge in [-0.05, 0) is 25.5 Å². The molecule has 1 aliphatic rings. The number of ether oxygens (including phenoxy) is 1. The number of esters is 1. The predicted molar refractivity (Wildman–Crippen MR) is 55.8 cm³/mol. The van der Waals surface area contributed by atoms with Gasteiger partial charge in [0.05, 0.1) is 24.0 Å². The maximum absolute atomic E-state index is 11.4. The Balaban J connectivity index is 3.42.